The largest absolute Gasteiger partial charge is 0.462 e. The number of fused-ring (bicyclic) bond motifs is 1. The predicted octanol–water partition coefficient (Wildman–Crippen LogP) is 8.17. The minimum atomic E-state index is -0.649. The summed E-state index contributed by atoms with van der Waals surface area (Å²) in [4.78, 5) is 57.4. The number of Topliss-reactive ketones (excluding diaryl/α,β-unsaturated/α-hetero) is 2. The molecule has 0 saturated heterocycles. The summed E-state index contributed by atoms with van der Waals surface area (Å²) in [5.41, 5.74) is 5.15. The first-order chi connectivity index (χ1) is 27.9. The lowest BCUT2D eigenvalue weighted by atomic mass is 9.80. The smallest absolute Gasteiger partial charge is 0.333 e. The fourth-order valence-electron chi connectivity index (χ4n) is 7.02. The van der Waals surface area contributed by atoms with Crippen LogP contribution in [0.25, 0.3) is 16.7 Å². The van der Waals surface area contributed by atoms with Crippen molar-refractivity contribution in [2.24, 2.45) is 0 Å². The Morgan fingerprint density at radius 2 is 1.47 bits per heavy atom. The van der Waals surface area contributed by atoms with Crippen LogP contribution >= 0.6 is 0 Å². The highest BCUT2D eigenvalue weighted by molar-refractivity contribution is 6.03. The van der Waals surface area contributed by atoms with E-state index in [2.05, 4.69) is 47.7 Å². The molecular formula is C47H55N5O6. The van der Waals surface area contributed by atoms with E-state index in [1.807, 2.05) is 85.7 Å². The molecule has 58 heavy (non-hydrogen) atoms. The molecule has 5 aromatic rings. The second-order valence-corrected chi connectivity index (χ2v) is 14.8. The maximum absolute atomic E-state index is 14.0. The second kappa shape index (κ2) is 20.5. The van der Waals surface area contributed by atoms with Crippen LogP contribution in [0.1, 0.15) is 80.8 Å². The molecule has 1 heterocycles. The molecule has 1 unspecified atom stereocenters. The zero-order valence-corrected chi connectivity index (χ0v) is 34.4. The van der Waals surface area contributed by atoms with Crippen LogP contribution in [0.4, 0.5) is 5.69 Å². The number of nitrogens with zero attached hydrogens (tertiary/aromatic N) is 5. The maximum Gasteiger partial charge on any atom is 0.333 e. The first-order valence-electron chi connectivity index (χ1n) is 20.1. The van der Waals surface area contributed by atoms with E-state index in [-0.39, 0.29) is 36.8 Å². The third-order valence-electron chi connectivity index (χ3n) is 10.5. The van der Waals surface area contributed by atoms with Crippen molar-refractivity contribution in [2.45, 2.75) is 77.7 Å². The Bertz CT molecular complexity index is 2160. The third-order valence-corrected chi connectivity index (χ3v) is 10.5. The summed E-state index contributed by atoms with van der Waals surface area (Å²) in [7, 11) is 3.95. The lowest BCUT2D eigenvalue weighted by Crippen LogP contribution is -2.52. The molecule has 0 aliphatic carbocycles. The third kappa shape index (κ3) is 11.1. The average molecular weight is 786 g/mol. The number of anilines is 1. The highest BCUT2D eigenvalue weighted by Gasteiger charge is 2.39. The van der Waals surface area contributed by atoms with Crippen LogP contribution in [0.15, 0.2) is 109 Å². The lowest BCUT2D eigenvalue weighted by Gasteiger charge is -2.38. The highest BCUT2D eigenvalue weighted by atomic mass is 16.5. The van der Waals surface area contributed by atoms with E-state index in [0.29, 0.717) is 60.0 Å². The summed E-state index contributed by atoms with van der Waals surface area (Å²) in [5.74, 6) is -0.627. The molecule has 0 radical (unpaired) electrons. The van der Waals surface area contributed by atoms with E-state index in [1.54, 1.807) is 25.1 Å². The van der Waals surface area contributed by atoms with Crippen LogP contribution < -0.4 is 9.64 Å². The van der Waals surface area contributed by atoms with Crippen molar-refractivity contribution in [2.75, 3.05) is 38.7 Å². The van der Waals surface area contributed by atoms with Gasteiger partial charge in [0, 0.05) is 49.2 Å². The van der Waals surface area contributed by atoms with Crippen molar-refractivity contribution < 1.29 is 28.7 Å². The number of carbonyl (C=O) groups is 4. The van der Waals surface area contributed by atoms with E-state index >= 15 is 0 Å². The van der Waals surface area contributed by atoms with Crippen LogP contribution in [0.3, 0.4) is 0 Å². The number of unbranched alkanes of at least 4 members (excludes halogenated alkanes) is 1. The number of rotatable bonds is 22. The Morgan fingerprint density at radius 1 is 0.793 bits per heavy atom. The number of ketones is 2. The van der Waals surface area contributed by atoms with Crippen LogP contribution in [0, 0.1) is 0 Å². The molecule has 0 spiro atoms. The predicted molar refractivity (Wildman–Crippen MR) is 228 cm³/mol. The fourth-order valence-corrected chi connectivity index (χ4v) is 7.02. The molecule has 1 aromatic heterocycles. The van der Waals surface area contributed by atoms with Gasteiger partial charge in [0.05, 0.1) is 18.6 Å². The van der Waals surface area contributed by atoms with Crippen molar-refractivity contribution in [1.29, 1.82) is 0 Å². The normalized spacial score (nSPS) is 12.2. The molecule has 11 heteroatoms. The topological polar surface area (TPSA) is 124 Å². The lowest BCUT2D eigenvalue weighted by molar-refractivity contribution is -0.139. The molecule has 0 amide bonds. The van der Waals surface area contributed by atoms with Crippen molar-refractivity contribution in [1.82, 2.24) is 19.9 Å². The summed E-state index contributed by atoms with van der Waals surface area (Å²) < 4.78 is 11.0. The van der Waals surface area contributed by atoms with Crippen molar-refractivity contribution >= 4 is 40.2 Å². The molecule has 4 aromatic carbocycles. The van der Waals surface area contributed by atoms with Gasteiger partial charge in [-0.05, 0) is 113 Å². The van der Waals surface area contributed by atoms with Gasteiger partial charge in [-0.1, -0.05) is 62.0 Å². The Balaban J connectivity index is 1.12. The number of aromatic nitrogens is 3. The monoisotopic (exact) mass is 785 g/mol. The summed E-state index contributed by atoms with van der Waals surface area (Å²) >= 11 is 0. The van der Waals surface area contributed by atoms with E-state index in [0.717, 1.165) is 36.3 Å². The van der Waals surface area contributed by atoms with E-state index in [4.69, 9.17) is 9.47 Å². The first kappa shape index (κ1) is 43.2. The minimum Gasteiger partial charge on any atom is -0.462 e. The van der Waals surface area contributed by atoms with Crippen LogP contribution in [0.2, 0.25) is 0 Å². The summed E-state index contributed by atoms with van der Waals surface area (Å²) in [6, 6.07) is 30.7. The van der Waals surface area contributed by atoms with Crippen LogP contribution in [0.5, 0.6) is 5.75 Å². The Hall–Kier alpha value is -5.94. The molecule has 0 N–H and O–H groups in total. The SMILES string of the molecule is C=C(C)C(=O)OCCc1ccc(OC(=O)CCC(=O)CCCCN(CC)c2ccc(C(=O)C(CC)(Cc3ccccc3)N(C)C)cc2)c(-n2nc3ccccc3n2)c1. The summed E-state index contributed by atoms with van der Waals surface area (Å²) in [5, 5.41) is 9.13. The van der Waals surface area contributed by atoms with E-state index < -0.39 is 17.5 Å². The molecule has 0 aliphatic rings. The minimum absolute atomic E-state index is 0.00135. The van der Waals surface area contributed by atoms with Crippen LogP contribution in [-0.2, 0) is 32.0 Å². The molecule has 5 rings (SSSR count). The molecule has 11 nitrogen and oxygen atoms in total. The van der Waals surface area contributed by atoms with E-state index in [9.17, 15) is 19.2 Å². The summed E-state index contributed by atoms with van der Waals surface area (Å²) in [6.45, 7) is 11.1. The number of esters is 2. The van der Waals surface area contributed by atoms with Gasteiger partial charge in [-0.15, -0.1) is 15.0 Å². The molecule has 0 bridgehead atoms. The number of likely N-dealkylation sites (N-methyl/N-ethyl adjacent to an activating group) is 1. The zero-order chi connectivity index (χ0) is 41.7. The van der Waals surface area contributed by atoms with Crippen molar-refractivity contribution in [3.8, 4) is 11.4 Å². The van der Waals surface area contributed by atoms with E-state index in [1.165, 1.54) is 4.80 Å². The number of benzene rings is 4. The van der Waals surface area contributed by atoms with Gasteiger partial charge < -0.3 is 14.4 Å². The van der Waals surface area contributed by atoms with Crippen molar-refractivity contribution in [3.05, 3.63) is 126 Å². The number of ether oxygens (including phenoxy) is 2. The maximum atomic E-state index is 14.0. The number of hydrogen-bond donors (Lipinski definition) is 0. The Labute approximate surface area is 341 Å². The van der Waals surface area contributed by atoms with Gasteiger partial charge >= 0.3 is 11.9 Å². The molecule has 304 valence electrons. The van der Waals surface area contributed by atoms with Crippen molar-refractivity contribution in [3.63, 3.8) is 0 Å². The molecule has 0 fully saturated rings. The van der Waals surface area contributed by atoms with Gasteiger partial charge in [0.25, 0.3) is 0 Å². The van der Waals surface area contributed by atoms with Gasteiger partial charge in [-0.2, -0.15) is 0 Å². The fraction of sp³-hybridized carbons (Fsp3) is 0.362. The molecule has 0 aliphatic heterocycles. The summed E-state index contributed by atoms with van der Waals surface area (Å²) in [6.07, 6.45) is 3.61. The van der Waals surface area contributed by atoms with Crippen LogP contribution in [-0.4, -0.2) is 82.7 Å². The molecule has 0 saturated carbocycles. The van der Waals surface area contributed by atoms with Gasteiger partial charge in [-0.3, -0.25) is 19.3 Å². The first-order valence-corrected chi connectivity index (χ1v) is 20.1. The van der Waals surface area contributed by atoms with Gasteiger partial charge in [0.15, 0.2) is 11.5 Å². The second-order valence-electron chi connectivity index (χ2n) is 14.8. The standard InChI is InChI=1S/C47H55N5O6/c1-7-47(50(5)6,33-36-16-10-9-11-17-36)45(55)37-22-24-38(25-23-37)51(8-2)30-15-14-18-39(53)26-28-44(54)58-43-27-21-35(29-31-57-46(56)34(3)4)32-42(43)52-48-40-19-12-13-20-41(40)49-52/h9-13,16-17,19-25,27,32H,3,7-8,14-15,18,26,28-31,33H2,1-2,4-6H3. The highest BCUT2D eigenvalue weighted by Crippen LogP contribution is 2.29. The van der Waals surface area contributed by atoms with Gasteiger partial charge in [0.1, 0.15) is 22.5 Å². The zero-order valence-electron chi connectivity index (χ0n) is 34.4. The Kier molecular flexibility index (Phi) is 15.2. The average Bonchev–Trinajstić information content (AvgIpc) is 3.67. The number of hydrogen-bond acceptors (Lipinski definition) is 10. The number of carbonyl (C=O) groups excluding carboxylic acids is 4. The van der Waals surface area contributed by atoms with Gasteiger partial charge in [-0.25, -0.2) is 4.79 Å². The Morgan fingerprint density at radius 3 is 2.09 bits per heavy atom. The van der Waals surface area contributed by atoms with Gasteiger partial charge in [0.2, 0.25) is 0 Å². The molecular weight excluding hydrogens is 731 g/mol. The quantitative estimate of drug-likeness (QED) is 0.0223. The molecule has 1 atom stereocenters.